The SMILES string of the molecule is O=C1CCC(=O)N1c1cccc(S(=O)(=O)NCCCO)c1. The second kappa shape index (κ2) is 6.33. The average Bonchev–Trinajstić information content (AvgIpc) is 2.78. The number of amides is 2. The van der Waals surface area contributed by atoms with Gasteiger partial charge in [-0.05, 0) is 24.6 Å². The molecule has 1 aromatic rings. The normalized spacial score (nSPS) is 15.8. The van der Waals surface area contributed by atoms with Crippen LogP contribution < -0.4 is 9.62 Å². The van der Waals surface area contributed by atoms with Crippen LogP contribution in [0.15, 0.2) is 29.2 Å². The van der Waals surface area contributed by atoms with E-state index in [9.17, 15) is 18.0 Å². The molecule has 2 rings (SSSR count). The molecule has 0 saturated carbocycles. The third kappa shape index (κ3) is 3.46. The van der Waals surface area contributed by atoms with Crippen molar-refractivity contribution in [2.24, 2.45) is 0 Å². The van der Waals surface area contributed by atoms with Crippen molar-refractivity contribution in [2.75, 3.05) is 18.1 Å². The lowest BCUT2D eigenvalue weighted by Crippen LogP contribution is -2.29. The lowest BCUT2D eigenvalue weighted by Gasteiger charge is -2.15. The highest BCUT2D eigenvalue weighted by molar-refractivity contribution is 7.89. The number of nitrogens with one attached hydrogen (secondary N) is 1. The van der Waals surface area contributed by atoms with E-state index in [0.29, 0.717) is 6.42 Å². The minimum absolute atomic E-state index is 0.0227. The van der Waals surface area contributed by atoms with Crippen LogP contribution in [-0.4, -0.2) is 38.5 Å². The van der Waals surface area contributed by atoms with Gasteiger partial charge in [0.2, 0.25) is 21.8 Å². The number of carbonyl (C=O) groups excluding carboxylic acids is 2. The summed E-state index contributed by atoms with van der Waals surface area (Å²) in [5, 5.41) is 8.66. The van der Waals surface area contributed by atoms with Crippen LogP contribution in [-0.2, 0) is 19.6 Å². The van der Waals surface area contributed by atoms with Gasteiger partial charge >= 0.3 is 0 Å². The number of carbonyl (C=O) groups is 2. The van der Waals surface area contributed by atoms with E-state index in [1.54, 1.807) is 0 Å². The van der Waals surface area contributed by atoms with Crippen LogP contribution in [0.2, 0.25) is 0 Å². The van der Waals surface area contributed by atoms with Gasteiger partial charge < -0.3 is 5.11 Å². The van der Waals surface area contributed by atoms with Crippen LogP contribution in [0.5, 0.6) is 0 Å². The summed E-state index contributed by atoms with van der Waals surface area (Å²) in [5.41, 5.74) is 0.257. The van der Waals surface area contributed by atoms with Gasteiger partial charge in [0.1, 0.15) is 0 Å². The Labute approximate surface area is 122 Å². The summed E-state index contributed by atoms with van der Waals surface area (Å²) in [6.07, 6.45) is 0.594. The van der Waals surface area contributed by atoms with Crippen LogP contribution in [0.4, 0.5) is 5.69 Å². The number of rotatable bonds is 6. The molecule has 0 bridgehead atoms. The van der Waals surface area contributed by atoms with E-state index in [1.807, 2.05) is 0 Å². The number of sulfonamides is 1. The lowest BCUT2D eigenvalue weighted by molar-refractivity contribution is -0.121. The molecule has 7 nitrogen and oxygen atoms in total. The zero-order valence-corrected chi connectivity index (χ0v) is 12.1. The Balaban J connectivity index is 2.25. The first-order valence-corrected chi connectivity index (χ1v) is 8.00. The Kier molecular flexibility index (Phi) is 4.71. The van der Waals surface area contributed by atoms with Crippen LogP contribution in [0.1, 0.15) is 19.3 Å². The molecule has 1 saturated heterocycles. The average molecular weight is 312 g/mol. The lowest BCUT2D eigenvalue weighted by atomic mass is 10.3. The molecule has 8 heteroatoms. The Morgan fingerprint density at radius 1 is 1.19 bits per heavy atom. The van der Waals surface area contributed by atoms with Crippen molar-refractivity contribution in [3.05, 3.63) is 24.3 Å². The number of aliphatic hydroxyl groups is 1. The van der Waals surface area contributed by atoms with Crippen molar-refractivity contribution in [3.8, 4) is 0 Å². The predicted molar refractivity (Wildman–Crippen MR) is 75.1 cm³/mol. The van der Waals surface area contributed by atoms with E-state index in [-0.39, 0.29) is 48.4 Å². The second-order valence-electron chi connectivity index (χ2n) is 4.60. The zero-order chi connectivity index (χ0) is 15.5. The molecule has 2 amide bonds. The summed E-state index contributed by atoms with van der Waals surface area (Å²) in [5.74, 6) is -0.662. The fraction of sp³-hybridized carbons (Fsp3) is 0.385. The summed E-state index contributed by atoms with van der Waals surface area (Å²) >= 11 is 0. The molecular formula is C13H16N2O5S. The molecule has 0 unspecified atom stereocenters. The summed E-state index contributed by atoms with van der Waals surface area (Å²) in [6.45, 7) is 0.00395. The summed E-state index contributed by atoms with van der Waals surface area (Å²) in [4.78, 5) is 24.3. The Bertz CT molecular complexity index is 640. The molecule has 0 atom stereocenters. The van der Waals surface area contributed by atoms with Gasteiger partial charge in [0, 0.05) is 26.0 Å². The van der Waals surface area contributed by atoms with Gasteiger partial charge in [-0.3, -0.25) is 14.5 Å². The van der Waals surface area contributed by atoms with Crippen molar-refractivity contribution in [3.63, 3.8) is 0 Å². The van der Waals surface area contributed by atoms with Gasteiger partial charge in [-0.1, -0.05) is 6.07 Å². The van der Waals surface area contributed by atoms with Crippen LogP contribution in [0.25, 0.3) is 0 Å². The molecule has 2 N–H and O–H groups in total. The highest BCUT2D eigenvalue weighted by Gasteiger charge is 2.30. The molecule has 21 heavy (non-hydrogen) atoms. The number of hydrogen-bond acceptors (Lipinski definition) is 5. The molecule has 1 fully saturated rings. The Hall–Kier alpha value is -1.77. The van der Waals surface area contributed by atoms with Gasteiger partial charge in [-0.2, -0.15) is 0 Å². The smallest absolute Gasteiger partial charge is 0.240 e. The van der Waals surface area contributed by atoms with E-state index < -0.39 is 10.0 Å². The molecule has 1 aliphatic rings. The second-order valence-corrected chi connectivity index (χ2v) is 6.36. The monoisotopic (exact) mass is 312 g/mol. The van der Waals surface area contributed by atoms with E-state index in [2.05, 4.69) is 4.72 Å². The molecule has 0 aromatic heterocycles. The fourth-order valence-corrected chi connectivity index (χ4v) is 3.14. The van der Waals surface area contributed by atoms with E-state index in [0.717, 1.165) is 4.90 Å². The van der Waals surface area contributed by atoms with Crippen molar-refractivity contribution >= 4 is 27.5 Å². The zero-order valence-electron chi connectivity index (χ0n) is 11.3. The Morgan fingerprint density at radius 3 is 2.48 bits per heavy atom. The number of anilines is 1. The third-order valence-electron chi connectivity index (χ3n) is 3.06. The third-order valence-corrected chi connectivity index (χ3v) is 4.52. The quantitative estimate of drug-likeness (QED) is 0.568. The van der Waals surface area contributed by atoms with Crippen LogP contribution in [0, 0.1) is 0 Å². The maximum absolute atomic E-state index is 12.1. The summed E-state index contributed by atoms with van der Waals surface area (Å²) < 4.78 is 26.5. The fourth-order valence-electron chi connectivity index (χ4n) is 2.02. The van der Waals surface area contributed by atoms with Gasteiger partial charge in [0.05, 0.1) is 10.6 Å². The maximum atomic E-state index is 12.1. The van der Waals surface area contributed by atoms with E-state index >= 15 is 0 Å². The molecule has 0 aliphatic carbocycles. The number of aliphatic hydroxyl groups excluding tert-OH is 1. The highest BCUT2D eigenvalue weighted by atomic mass is 32.2. The predicted octanol–water partition coefficient (Wildman–Crippen LogP) is 0.000700. The number of hydrogen-bond donors (Lipinski definition) is 2. The van der Waals surface area contributed by atoms with Crippen molar-refractivity contribution in [2.45, 2.75) is 24.2 Å². The largest absolute Gasteiger partial charge is 0.396 e. The van der Waals surface area contributed by atoms with Gasteiger partial charge in [0.15, 0.2) is 0 Å². The summed E-state index contributed by atoms with van der Waals surface area (Å²) in [7, 11) is -3.73. The number of imide groups is 1. The molecule has 114 valence electrons. The maximum Gasteiger partial charge on any atom is 0.240 e. The van der Waals surface area contributed by atoms with Crippen LogP contribution >= 0.6 is 0 Å². The first-order valence-electron chi connectivity index (χ1n) is 6.52. The molecule has 1 heterocycles. The van der Waals surface area contributed by atoms with Crippen molar-refractivity contribution < 1.29 is 23.1 Å². The first-order chi connectivity index (χ1) is 9.95. The van der Waals surface area contributed by atoms with Gasteiger partial charge in [-0.25, -0.2) is 13.1 Å². The number of nitrogens with zero attached hydrogens (tertiary/aromatic N) is 1. The standard InChI is InChI=1S/C13H16N2O5S/c16-8-2-7-14-21(19,20)11-4-1-3-10(9-11)15-12(17)5-6-13(15)18/h1,3-4,9,14,16H,2,5-8H2. The van der Waals surface area contributed by atoms with Gasteiger partial charge in [-0.15, -0.1) is 0 Å². The molecular weight excluding hydrogens is 296 g/mol. The first kappa shape index (κ1) is 15.6. The minimum Gasteiger partial charge on any atom is -0.396 e. The molecule has 1 aliphatic heterocycles. The van der Waals surface area contributed by atoms with Crippen molar-refractivity contribution in [1.29, 1.82) is 0 Å². The van der Waals surface area contributed by atoms with Crippen molar-refractivity contribution in [1.82, 2.24) is 4.72 Å². The van der Waals surface area contributed by atoms with E-state index in [1.165, 1.54) is 24.3 Å². The summed E-state index contributed by atoms with van der Waals surface area (Å²) in [6, 6.07) is 5.68. The topological polar surface area (TPSA) is 104 Å². The molecule has 0 spiro atoms. The Morgan fingerprint density at radius 2 is 1.86 bits per heavy atom. The highest BCUT2D eigenvalue weighted by Crippen LogP contribution is 2.24. The van der Waals surface area contributed by atoms with Gasteiger partial charge in [0.25, 0.3) is 0 Å². The van der Waals surface area contributed by atoms with E-state index in [4.69, 9.17) is 5.11 Å². The minimum atomic E-state index is -3.73. The molecule has 0 radical (unpaired) electrons. The molecule has 1 aromatic carbocycles. The van der Waals surface area contributed by atoms with Crippen LogP contribution in [0.3, 0.4) is 0 Å². The number of benzene rings is 1.